The molecule has 1 aliphatic carbocycles. The van der Waals surface area contributed by atoms with Gasteiger partial charge in [0.25, 0.3) is 0 Å². The van der Waals surface area contributed by atoms with E-state index in [0.29, 0.717) is 12.9 Å². The van der Waals surface area contributed by atoms with E-state index in [1.54, 1.807) is 0 Å². The van der Waals surface area contributed by atoms with E-state index in [1.807, 2.05) is 11.8 Å². The number of thioether (sulfide) groups is 1. The fourth-order valence-electron chi connectivity index (χ4n) is 2.46. The Morgan fingerprint density at radius 2 is 2.00 bits per heavy atom. The molecule has 0 aromatic rings. The van der Waals surface area contributed by atoms with Crippen LogP contribution in [0.25, 0.3) is 0 Å². The van der Waals surface area contributed by atoms with E-state index in [4.69, 9.17) is 9.47 Å². The largest absolute Gasteiger partial charge is 0.355 e. The molecule has 2 fully saturated rings. The van der Waals surface area contributed by atoms with Gasteiger partial charge in [-0.25, -0.2) is 0 Å². The Hall–Kier alpha value is 0.230. The van der Waals surface area contributed by atoms with Crippen LogP contribution in [0.1, 0.15) is 32.1 Å². The molecule has 0 amide bonds. The molecule has 2 rings (SSSR count). The van der Waals surface area contributed by atoms with E-state index in [9.17, 15) is 0 Å². The minimum atomic E-state index is 0.368. The van der Waals surface area contributed by atoms with Crippen molar-refractivity contribution >= 4 is 11.8 Å². The number of hydrogen-bond acceptors (Lipinski definition) is 4. The van der Waals surface area contributed by atoms with Gasteiger partial charge in [-0.3, -0.25) is 0 Å². The summed E-state index contributed by atoms with van der Waals surface area (Å²) in [5, 5.41) is 4.55. The predicted molar refractivity (Wildman–Crippen MR) is 67.9 cm³/mol. The molecule has 3 nitrogen and oxygen atoms in total. The summed E-state index contributed by atoms with van der Waals surface area (Å²) < 4.78 is 10.7. The Balaban J connectivity index is 1.59. The average Bonchev–Trinajstić information content (AvgIpc) is 2.38. The van der Waals surface area contributed by atoms with Gasteiger partial charge in [0.15, 0.2) is 0 Å². The van der Waals surface area contributed by atoms with Crippen molar-refractivity contribution in [2.75, 3.05) is 26.2 Å². The van der Waals surface area contributed by atoms with Crippen molar-refractivity contribution in [3.8, 4) is 0 Å². The first-order chi connectivity index (χ1) is 7.88. The summed E-state index contributed by atoms with van der Waals surface area (Å²) in [4.78, 5) is 0. The van der Waals surface area contributed by atoms with Crippen molar-refractivity contribution in [2.24, 2.45) is 0 Å². The average molecular weight is 245 g/mol. The Kier molecular flexibility index (Phi) is 5.42. The normalized spacial score (nSPS) is 36.2. The molecule has 0 aromatic heterocycles. The van der Waals surface area contributed by atoms with Crippen LogP contribution in [-0.4, -0.2) is 43.6 Å². The van der Waals surface area contributed by atoms with Crippen molar-refractivity contribution < 1.29 is 9.47 Å². The summed E-state index contributed by atoms with van der Waals surface area (Å²) in [6.45, 7) is 2.33. The van der Waals surface area contributed by atoms with Crippen LogP contribution in [0.5, 0.6) is 0 Å². The van der Waals surface area contributed by atoms with Gasteiger partial charge in [0.05, 0.1) is 12.7 Å². The smallest absolute Gasteiger partial charge is 0.147 e. The highest BCUT2D eigenvalue weighted by atomic mass is 32.2. The van der Waals surface area contributed by atoms with E-state index >= 15 is 0 Å². The molecule has 1 saturated carbocycles. The lowest BCUT2D eigenvalue weighted by Crippen LogP contribution is -2.41. The van der Waals surface area contributed by atoms with E-state index in [0.717, 1.165) is 30.9 Å². The lowest BCUT2D eigenvalue weighted by Gasteiger charge is -2.30. The zero-order chi connectivity index (χ0) is 11.2. The van der Waals surface area contributed by atoms with Gasteiger partial charge in [0.1, 0.15) is 6.79 Å². The molecule has 16 heavy (non-hydrogen) atoms. The summed E-state index contributed by atoms with van der Waals surface area (Å²) in [6, 6.07) is 0.717. The van der Waals surface area contributed by atoms with E-state index in [2.05, 4.69) is 11.6 Å². The predicted octanol–water partition coefficient (Wildman–Crippen LogP) is 2.01. The van der Waals surface area contributed by atoms with Crippen molar-refractivity contribution in [1.29, 1.82) is 0 Å². The minimum Gasteiger partial charge on any atom is -0.355 e. The molecule has 0 bridgehead atoms. The summed E-state index contributed by atoms with van der Waals surface area (Å²) in [6.07, 6.45) is 9.03. The number of hydrogen-bond donors (Lipinski definition) is 1. The van der Waals surface area contributed by atoms with Crippen LogP contribution in [0.2, 0.25) is 0 Å². The van der Waals surface area contributed by atoms with Gasteiger partial charge in [-0.05, 0) is 38.4 Å². The van der Waals surface area contributed by atoms with Crippen LogP contribution in [0.15, 0.2) is 0 Å². The molecule has 0 spiro atoms. The number of ether oxygens (including phenoxy) is 2. The minimum absolute atomic E-state index is 0.368. The third-order valence-electron chi connectivity index (χ3n) is 3.61. The molecule has 2 aliphatic rings. The maximum absolute atomic E-state index is 5.52. The third-order valence-corrected chi connectivity index (χ3v) is 4.75. The highest BCUT2D eigenvalue weighted by Gasteiger charge is 2.21. The molecule has 1 unspecified atom stereocenters. The molecule has 94 valence electrons. The molecule has 1 saturated heterocycles. The quantitative estimate of drug-likeness (QED) is 0.821. The molecule has 1 heterocycles. The number of rotatable bonds is 4. The van der Waals surface area contributed by atoms with Gasteiger partial charge in [0.2, 0.25) is 0 Å². The highest BCUT2D eigenvalue weighted by Crippen LogP contribution is 2.26. The van der Waals surface area contributed by atoms with Gasteiger partial charge >= 0.3 is 0 Å². The van der Waals surface area contributed by atoms with Crippen LogP contribution < -0.4 is 5.32 Å². The summed E-state index contributed by atoms with van der Waals surface area (Å²) in [5.74, 6) is 0. The van der Waals surface area contributed by atoms with Crippen LogP contribution in [0, 0.1) is 0 Å². The van der Waals surface area contributed by atoms with Crippen LogP contribution in [0.4, 0.5) is 0 Å². The Labute approximate surface area is 103 Å². The van der Waals surface area contributed by atoms with E-state index in [-0.39, 0.29) is 0 Å². The summed E-state index contributed by atoms with van der Waals surface area (Å²) >= 11 is 2.02. The topological polar surface area (TPSA) is 30.5 Å². The van der Waals surface area contributed by atoms with Crippen molar-refractivity contribution in [2.45, 2.75) is 49.5 Å². The molecule has 1 atom stereocenters. The van der Waals surface area contributed by atoms with Crippen LogP contribution in [0.3, 0.4) is 0 Å². The summed E-state index contributed by atoms with van der Waals surface area (Å²) in [7, 11) is 0. The monoisotopic (exact) mass is 245 g/mol. The maximum Gasteiger partial charge on any atom is 0.147 e. The Bertz CT molecular complexity index is 189. The second kappa shape index (κ2) is 6.84. The van der Waals surface area contributed by atoms with Crippen LogP contribution in [-0.2, 0) is 9.47 Å². The van der Waals surface area contributed by atoms with Gasteiger partial charge in [-0.15, -0.1) is 0 Å². The van der Waals surface area contributed by atoms with Gasteiger partial charge < -0.3 is 14.8 Å². The molecule has 1 N–H and O–H groups in total. The summed E-state index contributed by atoms with van der Waals surface area (Å²) in [5.41, 5.74) is 0. The lowest BCUT2D eigenvalue weighted by molar-refractivity contribution is -0.137. The maximum atomic E-state index is 5.52. The van der Waals surface area contributed by atoms with Crippen LogP contribution >= 0.6 is 11.8 Å². The van der Waals surface area contributed by atoms with Gasteiger partial charge in [0, 0.05) is 17.8 Å². The van der Waals surface area contributed by atoms with Gasteiger partial charge in [-0.2, -0.15) is 11.8 Å². The molecular formula is C12H23NO2S. The lowest BCUT2D eigenvalue weighted by atomic mass is 9.95. The van der Waals surface area contributed by atoms with Crippen molar-refractivity contribution in [1.82, 2.24) is 5.32 Å². The molecule has 0 radical (unpaired) electrons. The second-order valence-electron chi connectivity index (χ2n) is 4.72. The first-order valence-electron chi connectivity index (χ1n) is 6.34. The van der Waals surface area contributed by atoms with Gasteiger partial charge in [-0.1, -0.05) is 0 Å². The third kappa shape index (κ3) is 3.91. The first-order valence-corrected chi connectivity index (χ1v) is 7.63. The fraction of sp³-hybridized carbons (Fsp3) is 1.00. The SMILES string of the molecule is CSC1CCC(NCC2CCOCO2)CC1. The molecule has 1 aliphatic heterocycles. The second-order valence-corrected chi connectivity index (χ2v) is 5.86. The van der Waals surface area contributed by atoms with E-state index < -0.39 is 0 Å². The zero-order valence-electron chi connectivity index (χ0n) is 10.1. The fourth-order valence-corrected chi connectivity index (χ4v) is 3.21. The molecule has 4 heteroatoms. The molecule has 0 aromatic carbocycles. The van der Waals surface area contributed by atoms with E-state index in [1.165, 1.54) is 25.7 Å². The number of nitrogens with one attached hydrogen (secondary N) is 1. The zero-order valence-corrected chi connectivity index (χ0v) is 10.9. The molecular weight excluding hydrogens is 222 g/mol. The van der Waals surface area contributed by atoms with Crippen molar-refractivity contribution in [3.63, 3.8) is 0 Å². The first kappa shape index (κ1) is 12.7. The Morgan fingerprint density at radius 1 is 1.19 bits per heavy atom. The standard InChI is InChI=1S/C12H23NO2S/c1-16-12-4-2-10(3-5-12)13-8-11-6-7-14-9-15-11/h10-13H,2-9H2,1H3. The highest BCUT2D eigenvalue weighted by molar-refractivity contribution is 7.99. The van der Waals surface area contributed by atoms with Crippen molar-refractivity contribution in [3.05, 3.63) is 0 Å². The Morgan fingerprint density at radius 3 is 2.62 bits per heavy atom.